The molecule has 1 N–H and O–H groups in total. The lowest BCUT2D eigenvalue weighted by molar-refractivity contribution is -0.123. The van der Waals surface area contributed by atoms with E-state index >= 15 is 0 Å². The molecule has 0 saturated carbocycles. The first-order valence-electron chi connectivity index (χ1n) is 7.34. The molecule has 2 aromatic rings. The van der Waals surface area contributed by atoms with E-state index in [9.17, 15) is 9.59 Å². The number of carbonyl (C=O) groups is 2. The van der Waals surface area contributed by atoms with Gasteiger partial charge in [-0.05, 0) is 43.3 Å². The molecule has 0 heterocycles. The molecule has 6 nitrogen and oxygen atoms in total. The smallest absolute Gasteiger partial charge is 0.342 e. The van der Waals surface area contributed by atoms with Gasteiger partial charge in [0.25, 0.3) is 5.91 Å². The van der Waals surface area contributed by atoms with E-state index in [0.29, 0.717) is 17.2 Å². The summed E-state index contributed by atoms with van der Waals surface area (Å²) >= 11 is 0. The maximum Gasteiger partial charge on any atom is 0.342 e. The summed E-state index contributed by atoms with van der Waals surface area (Å²) in [5.74, 6) is 0.0298. The van der Waals surface area contributed by atoms with Gasteiger partial charge in [0.05, 0.1) is 14.2 Å². The number of methoxy groups -OCH3 is 2. The molecule has 0 aliphatic heterocycles. The fourth-order valence-corrected chi connectivity index (χ4v) is 2.01. The monoisotopic (exact) mass is 329 g/mol. The lowest BCUT2D eigenvalue weighted by Gasteiger charge is -2.15. The van der Waals surface area contributed by atoms with Gasteiger partial charge in [-0.3, -0.25) is 4.79 Å². The van der Waals surface area contributed by atoms with Gasteiger partial charge in [0.15, 0.2) is 6.10 Å². The van der Waals surface area contributed by atoms with Crippen LogP contribution in [0.2, 0.25) is 0 Å². The van der Waals surface area contributed by atoms with Crippen molar-refractivity contribution in [3.8, 4) is 11.5 Å². The molecular weight excluding hydrogens is 310 g/mol. The minimum Gasteiger partial charge on any atom is -0.497 e. The minimum absolute atomic E-state index is 0.268. The molecule has 0 bridgehead atoms. The molecule has 0 aliphatic carbocycles. The molecule has 6 heteroatoms. The SMILES string of the molecule is COc1ccc(NC(=O)[C@H](C)OC(=O)c2ccccc2OC)cc1. The number of ether oxygens (including phenoxy) is 3. The van der Waals surface area contributed by atoms with Crippen molar-refractivity contribution in [1.29, 1.82) is 0 Å². The van der Waals surface area contributed by atoms with Gasteiger partial charge in [-0.1, -0.05) is 12.1 Å². The number of rotatable bonds is 6. The van der Waals surface area contributed by atoms with Crippen LogP contribution in [0.25, 0.3) is 0 Å². The molecule has 126 valence electrons. The molecular formula is C18H19NO5. The quantitative estimate of drug-likeness (QED) is 0.825. The maximum atomic E-state index is 12.2. The van der Waals surface area contributed by atoms with E-state index in [-0.39, 0.29) is 5.56 Å². The summed E-state index contributed by atoms with van der Waals surface area (Å²) < 4.78 is 15.4. The van der Waals surface area contributed by atoms with Crippen molar-refractivity contribution in [3.05, 3.63) is 54.1 Å². The largest absolute Gasteiger partial charge is 0.497 e. The number of carbonyl (C=O) groups excluding carboxylic acids is 2. The normalized spacial score (nSPS) is 11.3. The first-order valence-corrected chi connectivity index (χ1v) is 7.34. The third-order valence-corrected chi connectivity index (χ3v) is 3.34. The number of hydrogen-bond donors (Lipinski definition) is 1. The van der Waals surface area contributed by atoms with Gasteiger partial charge >= 0.3 is 5.97 Å². The van der Waals surface area contributed by atoms with E-state index in [0.717, 1.165) is 0 Å². The van der Waals surface area contributed by atoms with Crippen molar-refractivity contribution in [2.45, 2.75) is 13.0 Å². The summed E-state index contributed by atoms with van der Waals surface area (Å²) in [4.78, 5) is 24.3. The molecule has 1 atom stereocenters. The van der Waals surface area contributed by atoms with Crippen molar-refractivity contribution in [2.75, 3.05) is 19.5 Å². The lowest BCUT2D eigenvalue weighted by Crippen LogP contribution is -2.30. The van der Waals surface area contributed by atoms with E-state index in [1.165, 1.54) is 14.0 Å². The average Bonchev–Trinajstić information content (AvgIpc) is 2.62. The molecule has 2 aromatic carbocycles. The number of hydrogen-bond acceptors (Lipinski definition) is 5. The second-order valence-electron chi connectivity index (χ2n) is 4.97. The number of para-hydroxylation sites is 1. The Labute approximate surface area is 140 Å². The number of esters is 1. The molecule has 0 fully saturated rings. The molecule has 24 heavy (non-hydrogen) atoms. The van der Waals surface area contributed by atoms with Crippen LogP contribution < -0.4 is 14.8 Å². The molecule has 0 unspecified atom stereocenters. The van der Waals surface area contributed by atoms with E-state index in [2.05, 4.69) is 5.32 Å². The third kappa shape index (κ3) is 4.25. The van der Waals surface area contributed by atoms with E-state index in [4.69, 9.17) is 14.2 Å². The van der Waals surface area contributed by atoms with Gasteiger partial charge in [0.1, 0.15) is 17.1 Å². The first kappa shape index (κ1) is 17.3. The molecule has 1 amide bonds. The predicted octanol–water partition coefficient (Wildman–Crippen LogP) is 2.89. The summed E-state index contributed by atoms with van der Waals surface area (Å²) in [6.45, 7) is 1.51. The maximum absolute atomic E-state index is 12.2. The molecule has 0 aromatic heterocycles. The van der Waals surface area contributed by atoms with Gasteiger partial charge in [0, 0.05) is 5.69 Å². The summed E-state index contributed by atoms with van der Waals surface area (Å²) in [6.07, 6.45) is -0.954. The highest BCUT2D eigenvalue weighted by molar-refractivity contribution is 5.98. The van der Waals surface area contributed by atoms with Crippen molar-refractivity contribution < 1.29 is 23.8 Å². The van der Waals surface area contributed by atoms with Crippen LogP contribution in [-0.2, 0) is 9.53 Å². The predicted molar refractivity (Wildman–Crippen MR) is 89.5 cm³/mol. The zero-order valence-corrected chi connectivity index (χ0v) is 13.7. The van der Waals surface area contributed by atoms with Crippen LogP contribution in [0.1, 0.15) is 17.3 Å². The van der Waals surface area contributed by atoms with Crippen LogP contribution >= 0.6 is 0 Å². The topological polar surface area (TPSA) is 73.9 Å². The second-order valence-corrected chi connectivity index (χ2v) is 4.97. The zero-order valence-electron chi connectivity index (χ0n) is 13.7. The Morgan fingerprint density at radius 2 is 1.62 bits per heavy atom. The standard InChI is InChI=1S/C18H19NO5/c1-12(17(20)19-13-8-10-14(22-2)11-9-13)24-18(21)15-6-4-5-7-16(15)23-3/h4-12H,1-3H3,(H,19,20)/t12-/m0/s1. The van der Waals surface area contributed by atoms with Crippen LogP contribution in [0.15, 0.2) is 48.5 Å². The Morgan fingerprint density at radius 1 is 0.958 bits per heavy atom. The lowest BCUT2D eigenvalue weighted by atomic mass is 10.2. The highest BCUT2D eigenvalue weighted by atomic mass is 16.5. The Hall–Kier alpha value is -3.02. The number of amides is 1. The summed E-state index contributed by atoms with van der Waals surface area (Å²) in [5.41, 5.74) is 0.852. The first-order chi connectivity index (χ1) is 11.5. The summed E-state index contributed by atoms with van der Waals surface area (Å²) in [6, 6.07) is 13.5. The van der Waals surface area contributed by atoms with Gasteiger partial charge in [0.2, 0.25) is 0 Å². The van der Waals surface area contributed by atoms with E-state index in [1.54, 1.807) is 55.6 Å². The second kappa shape index (κ2) is 8.01. The summed E-state index contributed by atoms with van der Waals surface area (Å²) in [7, 11) is 3.03. The molecule has 2 rings (SSSR count). The van der Waals surface area contributed by atoms with Gasteiger partial charge < -0.3 is 19.5 Å². The molecule has 0 radical (unpaired) electrons. The van der Waals surface area contributed by atoms with E-state index < -0.39 is 18.0 Å². The Balaban J connectivity index is 1.98. The average molecular weight is 329 g/mol. The number of nitrogens with one attached hydrogen (secondary N) is 1. The van der Waals surface area contributed by atoms with Crippen LogP contribution in [0.3, 0.4) is 0 Å². The van der Waals surface area contributed by atoms with Crippen LogP contribution in [0, 0.1) is 0 Å². The van der Waals surface area contributed by atoms with Crippen molar-refractivity contribution >= 4 is 17.6 Å². The fraction of sp³-hybridized carbons (Fsp3) is 0.222. The highest BCUT2D eigenvalue weighted by Crippen LogP contribution is 2.19. The minimum atomic E-state index is -0.954. The third-order valence-electron chi connectivity index (χ3n) is 3.34. The van der Waals surface area contributed by atoms with Crippen LogP contribution in [0.5, 0.6) is 11.5 Å². The number of benzene rings is 2. The van der Waals surface area contributed by atoms with Gasteiger partial charge in [-0.15, -0.1) is 0 Å². The van der Waals surface area contributed by atoms with Crippen LogP contribution in [0.4, 0.5) is 5.69 Å². The Kier molecular flexibility index (Phi) is 5.78. The Bertz CT molecular complexity index is 712. The highest BCUT2D eigenvalue weighted by Gasteiger charge is 2.21. The molecule has 0 aliphatic rings. The van der Waals surface area contributed by atoms with Crippen molar-refractivity contribution in [2.24, 2.45) is 0 Å². The summed E-state index contributed by atoms with van der Waals surface area (Å²) in [5, 5.41) is 2.68. The van der Waals surface area contributed by atoms with E-state index in [1.807, 2.05) is 0 Å². The fourth-order valence-electron chi connectivity index (χ4n) is 2.01. The zero-order chi connectivity index (χ0) is 17.5. The Morgan fingerprint density at radius 3 is 2.25 bits per heavy atom. The van der Waals surface area contributed by atoms with Crippen molar-refractivity contribution in [1.82, 2.24) is 0 Å². The number of anilines is 1. The molecule has 0 spiro atoms. The van der Waals surface area contributed by atoms with Crippen LogP contribution in [-0.4, -0.2) is 32.2 Å². The van der Waals surface area contributed by atoms with Gasteiger partial charge in [-0.25, -0.2) is 4.79 Å². The van der Waals surface area contributed by atoms with Crippen molar-refractivity contribution in [3.63, 3.8) is 0 Å². The molecule has 0 saturated heterocycles. The van der Waals surface area contributed by atoms with Gasteiger partial charge in [-0.2, -0.15) is 0 Å².